The van der Waals surface area contributed by atoms with E-state index in [0.717, 1.165) is 29.0 Å². The van der Waals surface area contributed by atoms with Crippen LogP contribution in [0.15, 0.2) is 35.2 Å². The average molecular weight is 352 g/mol. The number of benzene rings is 1. The summed E-state index contributed by atoms with van der Waals surface area (Å²) in [5, 5.41) is 3.42. The van der Waals surface area contributed by atoms with Gasteiger partial charge in [-0.15, -0.1) is 0 Å². The third-order valence-corrected chi connectivity index (χ3v) is 3.96. The lowest BCUT2D eigenvalue weighted by Crippen LogP contribution is -2.18. The maximum Gasteiger partial charge on any atom is 0.130 e. The molecule has 0 radical (unpaired) electrons. The smallest absolute Gasteiger partial charge is 0.130 e. The lowest BCUT2D eigenvalue weighted by molar-refractivity contribution is 0.289. The minimum atomic E-state index is 0.259. The molecule has 1 aromatic heterocycles. The molecule has 0 fully saturated rings. The van der Waals surface area contributed by atoms with Crippen LogP contribution < -0.4 is 10.1 Å². The molecule has 2 aromatic rings. The van der Waals surface area contributed by atoms with E-state index in [9.17, 15) is 0 Å². The number of hydrogen-bond donors (Lipinski definition) is 1. The Bertz CT molecular complexity index is 583. The first-order valence-corrected chi connectivity index (χ1v) is 8.09. The van der Waals surface area contributed by atoms with Crippen molar-refractivity contribution in [1.82, 2.24) is 14.9 Å². The van der Waals surface area contributed by atoms with Gasteiger partial charge in [0.1, 0.15) is 12.4 Å². The molecule has 0 amide bonds. The van der Waals surface area contributed by atoms with E-state index in [4.69, 9.17) is 4.74 Å². The van der Waals surface area contributed by atoms with E-state index in [-0.39, 0.29) is 6.04 Å². The molecule has 1 heterocycles. The summed E-state index contributed by atoms with van der Waals surface area (Å²) in [5.74, 6) is 0.904. The number of hydrogen-bond acceptors (Lipinski definition) is 3. The Balaban J connectivity index is 2.16. The number of halogens is 1. The third kappa shape index (κ3) is 4.08. The number of ether oxygens (including phenoxy) is 1. The molecule has 5 heteroatoms. The minimum absolute atomic E-state index is 0.259. The molecule has 0 saturated carbocycles. The highest BCUT2D eigenvalue weighted by molar-refractivity contribution is 9.10. The highest BCUT2D eigenvalue weighted by Gasteiger charge is 2.12. The molecular formula is C16H22BrN3O. The van der Waals surface area contributed by atoms with Gasteiger partial charge in [-0.05, 0) is 32.5 Å². The molecular weight excluding hydrogens is 330 g/mol. The van der Waals surface area contributed by atoms with Crippen molar-refractivity contribution in [2.75, 3.05) is 6.54 Å². The molecule has 0 saturated heterocycles. The van der Waals surface area contributed by atoms with Crippen LogP contribution in [0.25, 0.3) is 0 Å². The monoisotopic (exact) mass is 351 g/mol. The first-order chi connectivity index (χ1) is 10.2. The van der Waals surface area contributed by atoms with Gasteiger partial charge < -0.3 is 14.6 Å². The summed E-state index contributed by atoms with van der Waals surface area (Å²) in [4.78, 5) is 4.17. The van der Waals surface area contributed by atoms with E-state index < -0.39 is 0 Å². The third-order valence-electron chi connectivity index (χ3n) is 3.47. The maximum absolute atomic E-state index is 6.04. The van der Waals surface area contributed by atoms with Crippen LogP contribution in [0, 0.1) is 0 Å². The molecule has 1 atom stereocenters. The largest absolute Gasteiger partial charge is 0.487 e. The van der Waals surface area contributed by atoms with Crippen molar-refractivity contribution in [2.45, 2.75) is 40.0 Å². The molecule has 21 heavy (non-hydrogen) atoms. The summed E-state index contributed by atoms with van der Waals surface area (Å²) >= 11 is 3.51. The number of rotatable bonds is 7. The number of aromatic nitrogens is 2. The van der Waals surface area contributed by atoms with Crippen LogP contribution in [0.1, 0.15) is 38.1 Å². The molecule has 1 unspecified atom stereocenters. The number of imidazole rings is 1. The van der Waals surface area contributed by atoms with Crippen molar-refractivity contribution in [3.8, 4) is 5.75 Å². The summed E-state index contributed by atoms with van der Waals surface area (Å²) in [6.45, 7) is 8.71. The summed E-state index contributed by atoms with van der Waals surface area (Å²) in [6.07, 6.45) is 3.69. The molecule has 0 aliphatic heterocycles. The van der Waals surface area contributed by atoms with Gasteiger partial charge in [0, 0.05) is 22.6 Å². The second-order valence-electron chi connectivity index (χ2n) is 4.92. The summed E-state index contributed by atoms with van der Waals surface area (Å²) in [5.41, 5.74) is 2.25. The standard InChI is InChI=1S/C16H22BrN3O/c1-4-19-12(3)15-7-6-13(17)8-16(15)21-10-14-9-18-11-20(14)5-2/h6-9,11-12,19H,4-5,10H2,1-3H3. The van der Waals surface area contributed by atoms with E-state index >= 15 is 0 Å². The fourth-order valence-electron chi connectivity index (χ4n) is 2.31. The zero-order valence-corrected chi connectivity index (χ0v) is 14.4. The molecule has 114 valence electrons. The molecule has 0 bridgehead atoms. The molecule has 0 spiro atoms. The Hall–Kier alpha value is -1.33. The van der Waals surface area contributed by atoms with Crippen molar-refractivity contribution >= 4 is 15.9 Å². The van der Waals surface area contributed by atoms with Gasteiger partial charge in [-0.3, -0.25) is 0 Å². The Kier molecular flexibility index (Phi) is 5.82. The molecule has 1 N–H and O–H groups in total. The Morgan fingerprint density at radius 3 is 2.90 bits per heavy atom. The topological polar surface area (TPSA) is 39.1 Å². The average Bonchev–Trinajstić information content (AvgIpc) is 2.92. The number of aryl methyl sites for hydroxylation is 1. The molecule has 1 aromatic carbocycles. The van der Waals surface area contributed by atoms with Crippen LogP contribution >= 0.6 is 15.9 Å². The van der Waals surface area contributed by atoms with Crippen LogP contribution in [0.5, 0.6) is 5.75 Å². The first-order valence-electron chi connectivity index (χ1n) is 7.30. The van der Waals surface area contributed by atoms with Crippen molar-refractivity contribution in [1.29, 1.82) is 0 Å². The highest BCUT2D eigenvalue weighted by atomic mass is 79.9. The second-order valence-corrected chi connectivity index (χ2v) is 5.84. The normalized spacial score (nSPS) is 12.4. The summed E-state index contributed by atoms with van der Waals surface area (Å²) in [6, 6.07) is 6.43. The van der Waals surface area contributed by atoms with Gasteiger partial charge in [0.2, 0.25) is 0 Å². The predicted molar refractivity (Wildman–Crippen MR) is 88.5 cm³/mol. The highest BCUT2D eigenvalue weighted by Crippen LogP contribution is 2.29. The van der Waals surface area contributed by atoms with Crippen LogP contribution in [-0.2, 0) is 13.2 Å². The van der Waals surface area contributed by atoms with Gasteiger partial charge in [-0.2, -0.15) is 0 Å². The predicted octanol–water partition coefficient (Wildman–Crippen LogP) is 3.92. The van der Waals surface area contributed by atoms with Crippen molar-refractivity contribution in [2.24, 2.45) is 0 Å². The molecule has 2 rings (SSSR count). The van der Waals surface area contributed by atoms with Gasteiger partial charge in [0.25, 0.3) is 0 Å². The van der Waals surface area contributed by atoms with E-state index in [1.165, 1.54) is 5.56 Å². The Labute approximate surface area is 134 Å². The maximum atomic E-state index is 6.04. The van der Waals surface area contributed by atoms with Crippen LogP contribution in [-0.4, -0.2) is 16.1 Å². The van der Waals surface area contributed by atoms with Crippen LogP contribution in [0.2, 0.25) is 0 Å². The number of nitrogens with one attached hydrogen (secondary N) is 1. The zero-order chi connectivity index (χ0) is 15.2. The SMILES string of the molecule is CCNC(C)c1ccc(Br)cc1OCc1cncn1CC. The van der Waals surface area contributed by atoms with E-state index in [1.807, 2.05) is 24.7 Å². The summed E-state index contributed by atoms with van der Waals surface area (Å²) in [7, 11) is 0. The fourth-order valence-corrected chi connectivity index (χ4v) is 2.65. The lowest BCUT2D eigenvalue weighted by atomic mass is 10.1. The van der Waals surface area contributed by atoms with E-state index in [0.29, 0.717) is 6.61 Å². The fraction of sp³-hybridized carbons (Fsp3) is 0.438. The Morgan fingerprint density at radius 1 is 1.38 bits per heavy atom. The van der Waals surface area contributed by atoms with Gasteiger partial charge in [-0.1, -0.05) is 28.9 Å². The minimum Gasteiger partial charge on any atom is -0.487 e. The molecule has 0 aliphatic rings. The van der Waals surface area contributed by atoms with Gasteiger partial charge in [0.15, 0.2) is 0 Å². The second kappa shape index (κ2) is 7.61. The molecule has 0 aliphatic carbocycles. The van der Waals surface area contributed by atoms with Gasteiger partial charge in [0.05, 0.1) is 18.2 Å². The van der Waals surface area contributed by atoms with Gasteiger partial charge in [-0.25, -0.2) is 4.98 Å². The van der Waals surface area contributed by atoms with E-state index in [2.05, 4.69) is 57.6 Å². The number of nitrogens with zero attached hydrogens (tertiary/aromatic N) is 2. The van der Waals surface area contributed by atoms with Crippen LogP contribution in [0.4, 0.5) is 0 Å². The molecule has 4 nitrogen and oxygen atoms in total. The van der Waals surface area contributed by atoms with Crippen LogP contribution in [0.3, 0.4) is 0 Å². The summed E-state index contributed by atoms with van der Waals surface area (Å²) < 4.78 is 9.15. The van der Waals surface area contributed by atoms with Crippen molar-refractivity contribution < 1.29 is 4.74 Å². The zero-order valence-electron chi connectivity index (χ0n) is 12.8. The Morgan fingerprint density at radius 2 is 2.19 bits per heavy atom. The van der Waals surface area contributed by atoms with E-state index in [1.54, 1.807) is 0 Å². The quantitative estimate of drug-likeness (QED) is 0.821. The first kappa shape index (κ1) is 16.0. The van der Waals surface area contributed by atoms with Crippen molar-refractivity contribution in [3.05, 3.63) is 46.5 Å². The van der Waals surface area contributed by atoms with Gasteiger partial charge >= 0.3 is 0 Å². The lowest BCUT2D eigenvalue weighted by Gasteiger charge is -2.18. The van der Waals surface area contributed by atoms with Crippen molar-refractivity contribution in [3.63, 3.8) is 0 Å².